The standard InChI is InChI=1S/C22H22N2O3S/c1-17-8-6-9-18(14-17)16-23-22(25)19-10-7-13-21(15-19)28(26,27)24(2)20-11-4-3-5-12-20/h3-15H,16H2,1-2H3,(H,23,25). The first-order valence-corrected chi connectivity index (χ1v) is 10.3. The molecule has 0 aromatic heterocycles. The van der Waals surface area contributed by atoms with Crippen molar-refractivity contribution >= 4 is 21.6 Å². The SMILES string of the molecule is Cc1cccc(CNC(=O)c2cccc(S(=O)(=O)N(C)c3ccccc3)c2)c1. The molecule has 0 aliphatic rings. The number of anilines is 1. The van der Waals surface area contributed by atoms with Crippen molar-refractivity contribution in [2.75, 3.05) is 11.4 Å². The Kier molecular flexibility index (Phi) is 5.80. The number of rotatable bonds is 6. The fraction of sp³-hybridized carbons (Fsp3) is 0.136. The quantitative estimate of drug-likeness (QED) is 0.692. The van der Waals surface area contributed by atoms with E-state index < -0.39 is 10.0 Å². The summed E-state index contributed by atoms with van der Waals surface area (Å²) < 4.78 is 27.0. The van der Waals surface area contributed by atoms with Gasteiger partial charge in [-0.1, -0.05) is 54.1 Å². The first-order valence-electron chi connectivity index (χ1n) is 8.86. The topological polar surface area (TPSA) is 66.5 Å². The van der Waals surface area contributed by atoms with E-state index in [4.69, 9.17) is 0 Å². The van der Waals surface area contributed by atoms with Crippen molar-refractivity contribution in [1.82, 2.24) is 5.32 Å². The third-order valence-electron chi connectivity index (χ3n) is 4.41. The lowest BCUT2D eigenvalue weighted by Gasteiger charge is -2.19. The number of nitrogens with zero attached hydrogens (tertiary/aromatic N) is 1. The Labute approximate surface area is 165 Å². The van der Waals surface area contributed by atoms with Gasteiger partial charge in [-0.3, -0.25) is 9.10 Å². The van der Waals surface area contributed by atoms with E-state index >= 15 is 0 Å². The molecule has 144 valence electrons. The first kappa shape index (κ1) is 19.6. The van der Waals surface area contributed by atoms with Crippen molar-refractivity contribution < 1.29 is 13.2 Å². The summed E-state index contributed by atoms with van der Waals surface area (Å²) in [6, 6.07) is 22.7. The lowest BCUT2D eigenvalue weighted by molar-refractivity contribution is 0.0950. The van der Waals surface area contributed by atoms with Gasteiger partial charge in [-0.25, -0.2) is 8.42 Å². The molecule has 0 aliphatic carbocycles. The van der Waals surface area contributed by atoms with Gasteiger partial charge in [0.15, 0.2) is 0 Å². The molecule has 0 heterocycles. The third kappa shape index (κ3) is 4.40. The fourth-order valence-electron chi connectivity index (χ4n) is 2.84. The van der Waals surface area contributed by atoms with E-state index in [0.29, 0.717) is 17.8 Å². The Morgan fingerprint density at radius 1 is 0.929 bits per heavy atom. The molecule has 3 aromatic rings. The summed E-state index contributed by atoms with van der Waals surface area (Å²) in [6.45, 7) is 2.37. The van der Waals surface area contributed by atoms with Gasteiger partial charge in [0.25, 0.3) is 15.9 Å². The zero-order valence-corrected chi connectivity index (χ0v) is 16.6. The van der Waals surface area contributed by atoms with Gasteiger partial charge in [0.05, 0.1) is 10.6 Å². The summed E-state index contributed by atoms with van der Waals surface area (Å²) in [4.78, 5) is 12.6. The van der Waals surface area contributed by atoms with Crippen LogP contribution in [-0.2, 0) is 16.6 Å². The van der Waals surface area contributed by atoms with Crippen LogP contribution >= 0.6 is 0 Å². The van der Waals surface area contributed by atoms with E-state index in [1.54, 1.807) is 36.4 Å². The van der Waals surface area contributed by atoms with E-state index in [-0.39, 0.29) is 10.8 Å². The molecule has 3 rings (SSSR count). The Bertz CT molecular complexity index is 1080. The van der Waals surface area contributed by atoms with Gasteiger partial charge in [0.1, 0.15) is 0 Å². The normalized spacial score (nSPS) is 11.1. The van der Waals surface area contributed by atoms with Crippen LogP contribution < -0.4 is 9.62 Å². The second-order valence-electron chi connectivity index (χ2n) is 6.51. The molecule has 0 saturated heterocycles. The molecule has 6 heteroatoms. The van der Waals surface area contributed by atoms with Crippen molar-refractivity contribution in [3.05, 3.63) is 95.6 Å². The number of carbonyl (C=O) groups excluding carboxylic acids is 1. The number of benzene rings is 3. The van der Waals surface area contributed by atoms with Crippen LogP contribution in [0, 0.1) is 6.92 Å². The number of carbonyl (C=O) groups is 1. The Balaban J connectivity index is 1.78. The number of hydrogen-bond acceptors (Lipinski definition) is 3. The van der Waals surface area contributed by atoms with E-state index in [0.717, 1.165) is 11.1 Å². The summed E-state index contributed by atoms with van der Waals surface area (Å²) in [5.41, 5.74) is 2.96. The fourth-order valence-corrected chi connectivity index (χ4v) is 4.08. The largest absolute Gasteiger partial charge is 0.348 e. The van der Waals surface area contributed by atoms with Crippen LogP contribution in [0.1, 0.15) is 21.5 Å². The maximum Gasteiger partial charge on any atom is 0.264 e. The zero-order chi connectivity index (χ0) is 20.1. The predicted molar refractivity (Wildman–Crippen MR) is 111 cm³/mol. The molecule has 0 spiro atoms. The minimum Gasteiger partial charge on any atom is -0.348 e. The number of aryl methyl sites for hydroxylation is 1. The number of para-hydroxylation sites is 1. The lowest BCUT2D eigenvalue weighted by atomic mass is 10.1. The second-order valence-corrected chi connectivity index (χ2v) is 8.48. The van der Waals surface area contributed by atoms with Crippen LogP contribution in [0.5, 0.6) is 0 Å². The van der Waals surface area contributed by atoms with E-state index in [2.05, 4.69) is 5.32 Å². The number of sulfonamides is 1. The van der Waals surface area contributed by atoms with Gasteiger partial charge in [0, 0.05) is 19.2 Å². The minimum absolute atomic E-state index is 0.0714. The van der Waals surface area contributed by atoms with Gasteiger partial charge >= 0.3 is 0 Å². The van der Waals surface area contributed by atoms with Crippen molar-refractivity contribution in [1.29, 1.82) is 0 Å². The highest BCUT2D eigenvalue weighted by Crippen LogP contribution is 2.22. The Hall–Kier alpha value is -3.12. The maximum atomic E-state index is 12.9. The Morgan fingerprint density at radius 2 is 1.64 bits per heavy atom. The van der Waals surface area contributed by atoms with E-state index in [9.17, 15) is 13.2 Å². The predicted octanol–water partition coefficient (Wildman–Crippen LogP) is 3.75. The van der Waals surface area contributed by atoms with Crippen molar-refractivity contribution in [3.63, 3.8) is 0 Å². The average molecular weight is 394 g/mol. The third-order valence-corrected chi connectivity index (χ3v) is 6.19. The minimum atomic E-state index is -3.77. The van der Waals surface area contributed by atoms with Gasteiger partial charge in [-0.05, 0) is 42.8 Å². The van der Waals surface area contributed by atoms with Crippen LogP contribution in [0.3, 0.4) is 0 Å². The van der Waals surface area contributed by atoms with Crippen LogP contribution in [0.15, 0.2) is 83.8 Å². The number of hydrogen-bond donors (Lipinski definition) is 1. The second kappa shape index (κ2) is 8.27. The van der Waals surface area contributed by atoms with Gasteiger partial charge in [-0.15, -0.1) is 0 Å². The smallest absolute Gasteiger partial charge is 0.264 e. The molecule has 0 bridgehead atoms. The van der Waals surface area contributed by atoms with E-state index in [1.807, 2.05) is 37.3 Å². The summed E-state index contributed by atoms with van der Waals surface area (Å²) in [7, 11) is -2.27. The van der Waals surface area contributed by atoms with Crippen LogP contribution in [0.4, 0.5) is 5.69 Å². The van der Waals surface area contributed by atoms with Crippen LogP contribution in [0.25, 0.3) is 0 Å². The molecule has 0 aliphatic heterocycles. The molecule has 0 saturated carbocycles. The molecular weight excluding hydrogens is 372 g/mol. The van der Waals surface area contributed by atoms with Crippen molar-refractivity contribution in [2.45, 2.75) is 18.4 Å². The molecule has 1 amide bonds. The summed E-state index contributed by atoms with van der Waals surface area (Å²) in [5, 5.41) is 2.83. The summed E-state index contributed by atoms with van der Waals surface area (Å²) in [5.74, 6) is -0.319. The van der Waals surface area contributed by atoms with Gasteiger partial charge in [-0.2, -0.15) is 0 Å². The first-order chi connectivity index (χ1) is 13.4. The molecular formula is C22H22N2O3S. The molecule has 0 unspecified atom stereocenters. The Morgan fingerprint density at radius 3 is 2.36 bits per heavy atom. The molecule has 0 radical (unpaired) electrons. The van der Waals surface area contributed by atoms with Crippen molar-refractivity contribution in [3.8, 4) is 0 Å². The molecule has 3 aromatic carbocycles. The molecule has 28 heavy (non-hydrogen) atoms. The highest BCUT2D eigenvalue weighted by molar-refractivity contribution is 7.92. The zero-order valence-electron chi connectivity index (χ0n) is 15.8. The molecule has 1 N–H and O–H groups in total. The average Bonchev–Trinajstić information content (AvgIpc) is 2.72. The van der Waals surface area contributed by atoms with E-state index in [1.165, 1.54) is 23.5 Å². The van der Waals surface area contributed by atoms with Crippen LogP contribution in [-0.4, -0.2) is 21.4 Å². The highest BCUT2D eigenvalue weighted by atomic mass is 32.2. The van der Waals surface area contributed by atoms with Gasteiger partial charge in [0.2, 0.25) is 0 Å². The highest BCUT2D eigenvalue weighted by Gasteiger charge is 2.22. The number of amides is 1. The molecule has 0 fully saturated rings. The van der Waals surface area contributed by atoms with Crippen molar-refractivity contribution in [2.24, 2.45) is 0 Å². The molecule has 0 atom stereocenters. The van der Waals surface area contributed by atoms with Crippen LogP contribution in [0.2, 0.25) is 0 Å². The summed E-state index contributed by atoms with van der Waals surface area (Å²) >= 11 is 0. The monoisotopic (exact) mass is 394 g/mol. The maximum absolute atomic E-state index is 12.9. The number of nitrogens with one attached hydrogen (secondary N) is 1. The summed E-state index contributed by atoms with van der Waals surface area (Å²) in [6.07, 6.45) is 0. The molecule has 5 nitrogen and oxygen atoms in total. The lowest BCUT2D eigenvalue weighted by Crippen LogP contribution is -2.27. The van der Waals surface area contributed by atoms with Gasteiger partial charge < -0.3 is 5.32 Å².